The Labute approximate surface area is 197 Å². The summed E-state index contributed by atoms with van der Waals surface area (Å²) in [5.41, 5.74) is 1.22. The number of para-hydroxylation sites is 1. The summed E-state index contributed by atoms with van der Waals surface area (Å²) in [6, 6.07) is 20.5. The van der Waals surface area contributed by atoms with E-state index in [4.69, 9.17) is 18.9 Å². The minimum atomic E-state index is -3.69. The van der Waals surface area contributed by atoms with Crippen molar-refractivity contribution in [1.82, 2.24) is 0 Å². The average Bonchev–Trinajstić information content (AvgIpc) is 3.09. The summed E-state index contributed by atoms with van der Waals surface area (Å²) in [4.78, 5) is 0.371. The molecule has 34 heavy (non-hydrogen) atoms. The van der Waals surface area contributed by atoms with Gasteiger partial charge < -0.3 is 29.2 Å². The highest BCUT2D eigenvalue weighted by Crippen LogP contribution is 2.44. The number of fused-ring (bicyclic) bond motifs is 3. The molecule has 0 saturated carbocycles. The quantitative estimate of drug-likeness (QED) is 0.429. The Morgan fingerprint density at radius 1 is 0.853 bits per heavy atom. The van der Waals surface area contributed by atoms with Crippen LogP contribution in [0.25, 0.3) is 11.1 Å². The number of benzene rings is 3. The molecule has 3 aromatic rings. The normalized spacial score (nSPS) is 27.0. The molecule has 0 unspecified atom stereocenters. The zero-order valence-corrected chi connectivity index (χ0v) is 19.1. The first-order chi connectivity index (χ1) is 16.4. The monoisotopic (exact) mass is 484 g/mol. The van der Waals surface area contributed by atoms with Gasteiger partial charge in [0.05, 0.1) is 9.79 Å². The average molecular weight is 485 g/mol. The number of ether oxygens (including phenoxy) is 4. The van der Waals surface area contributed by atoms with E-state index in [-0.39, 0.29) is 22.1 Å². The van der Waals surface area contributed by atoms with Gasteiger partial charge in [0, 0.05) is 18.2 Å². The molecule has 0 aliphatic carbocycles. The molecular formula is C25H24O8S. The third-order valence-electron chi connectivity index (χ3n) is 6.02. The summed E-state index contributed by atoms with van der Waals surface area (Å²) in [5, 5.41) is 21.4. The highest BCUT2D eigenvalue weighted by molar-refractivity contribution is 7.92. The third-order valence-corrected chi connectivity index (χ3v) is 7.87. The zero-order valence-electron chi connectivity index (χ0n) is 18.3. The van der Waals surface area contributed by atoms with Gasteiger partial charge >= 0.3 is 0 Å². The Morgan fingerprint density at radius 2 is 1.56 bits per heavy atom. The minimum Gasteiger partial charge on any atom is -0.491 e. The van der Waals surface area contributed by atoms with Gasteiger partial charge in [-0.3, -0.25) is 0 Å². The molecule has 0 bridgehead atoms. The van der Waals surface area contributed by atoms with Gasteiger partial charge in [-0.25, -0.2) is 8.42 Å². The van der Waals surface area contributed by atoms with Crippen LogP contribution in [0.5, 0.6) is 11.5 Å². The van der Waals surface area contributed by atoms with Crippen molar-refractivity contribution in [1.29, 1.82) is 0 Å². The Kier molecular flexibility index (Phi) is 6.05. The number of aliphatic hydroxyl groups is 2. The lowest BCUT2D eigenvalue weighted by Gasteiger charge is -2.41. The molecule has 5 rings (SSSR count). The smallest absolute Gasteiger partial charge is 0.207 e. The van der Waals surface area contributed by atoms with Crippen molar-refractivity contribution in [2.24, 2.45) is 0 Å². The fraction of sp³-hybridized carbons (Fsp3) is 0.280. The molecule has 2 aliphatic rings. The van der Waals surface area contributed by atoms with E-state index in [1.807, 2.05) is 18.2 Å². The van der Waals surface area contributed by atoms with E-state index in [9.17, 15) is 18.6 Å². The molecule has 3 aromatic carbocycles. The first-order valence-electron chi connectivity index (χ1n) is 10.8. The molecule has 2 heterocycles. The molecule has 5 atom stereocenters. The lowest BCUT2D eigenvalue weighted by atomic mass is 9.99. The second-order valence-corrected chi connectivity index (χ2v) is 10.0. The highest BCUT2D eigenvalue weighted by Gasteiger charge is 2.47. The number of sulfone groups is 1. The second-order valence-electron chi connectivity index (χ2n) is 8.12. The molecular weight excluding hydrogens is 460 g/mol. The van der Waals surface area contributed by atoms with Gasteiger partial charge in [-0.1, -0.05) is 36.4 Å². The molecule has 0 amide bonds. The Bertz CT molecular complexity index is 1280. The SMILES string of the molecule is CO[C@H]1O[C@H](COc2ccccc2)[C@@H](O)[C@H](O)[C@H]1Oc1ccc2c(c1)S(=O)(=O)c1ccccc1-2. The molecule has 0 aromatic heterocycles. The molecule has 2 aliphatic heterocycles. The maximum Gasteiger partial charge on any atom is 0.207 e. The van der Waals surface area contributed by atoms with Crippen molar-refractivity contribution in [2.45, 2.75) is 40.5 Å². The topological polar surface area (TPSA) is 112 Å². The number of methoxy groups -OCH3 is 1. The van der Waals surface area contributed by atoms with E-state index >= 15 is 0 Å². The van der Waals surface area contributed by atoms with Gasteiger partial charge in [0.25, 0.3) is 0 Å². The maximum atomic E-state index is 13.0. The van der Waals surface area contributed by atoms with Crippen molar-refractivity contribution < 1.29 is 37.6 Å². The fourth-order valence-corrected chi connectivity index (χ4v) is 5.97. The summed E-state index contributed by atoms with van der Waals surface area (Å²) < 4.78 is 48.7. The lowest BCUT2D eigenvalue weighted by Crippen LogP contribution is -2.61. The second kappa shape index (κ2) is 9.01. The predicted molar refractivity (Wildman–Crippen MR) is 121 cm³/mol. The van der Waals surface area contributed by atoms with Gasteiger partial charge in [0.15, 0.2) is 12.4 Å². The largest absolute Gasteiger partial charge is 0.491 e. The van der Waals surface area contributed by atoms with Crippen molar-refractivity contribution in [3.05, 3.63) is 72.8 Å². The van der Waals surface area contributed by atoms with Crippen LogP contribution >= 0.6 is 0 Å². The number of hydrogen-bond donors (Lipinski definition) is 2. The van der Waals surface area contributed by atoms with E-state index in [2.05, 4.69) is 0 Å². The Balaban J connectivity index is 1.34. The van der Waals surface area contributed by atoms with Crippen LogP contribution in [0.2, 0.25) is 0 Å². The van der Waals surface area contributed by atoms with Gasteiger partial charge in [0.1, 0.15) is 36.4 Å². The van der Waals surface area contributed by atoms with Gasteiger partial charge in [-0.2, -0.15) is 0 Å². The third kappa shape index (κ3) is 3.95. The molecule has 9 heteroatoms. The van der Waals surface area contributed by atoms with Crippen LogP contribution in [0.15, 0.2) is 82.6 Å². The first kappa shape index (κ1) is 22.8. The summed E-state index contributed by atoms with van der Waals surface area (Å²) >= 11 is 0. The molecule has 2 N–H and O–H groups in total. The van der Waals surface area contributed by atoms with Crippen LogP contribution in [-0.2, 0) is 19.3 Å². The standard InChI is InChI=1S/C25H24O8S/c1-30-25-24(23(27)22(26)19(33-25)14-31-15-7-3-2-4-8-15)32-16-11-12-18-17-9-5-6-10-20(17)34(28,29)21(18)13-16/h2-13,19,22-27H,14H2,1H3/t19-,22-,23+,24-,25+/m1/s1. The van der Waals surface area contributed by atoms with Crippen molar-refractivity contribution in [3.63, 3.8) is 0 Å². The molecule has 0 radical (unpaired) electrons. The van der Waals surface area contributed by atoms with Crippen molar-refractivity contribution in [2.75, 3.05) is 13.7 Å². The van der Waals surface area contributed by atoms with Crippen LogP contribution in [-0.4, -0.2) is 63.1 Å². The van der Waals surface area contributed by atoms with Crippen molar-refractivity contribution in [3.8, 4) is 22.6 Å². The van der Waals surface area contributed by atoms with E-state index in [0.29, 0.717) is 16.9 Å². The molecule has 1 fully saturated rings. The summed E-state index contributed by atoms with van der Waals surface area (Å²) in [6.45, 7) is -0.00975. The van der Waals surface area contributed by atoms with Crippen LogP contribution in [0.4, 0.5) is 0 Å². The zero-order chi connectivity index (χ0) is 23.9. The Morgan fingerprint density at radius 3 is 2.32 bits per heavy atom. The van der Waals surface area contributed by atoms with Crippen LogP contribution in [0, 0.1) is 0 Å². The minimum absolute atomic E-state index is 0.00975. The first-order valence-corrected chi connectivity index (χ1v) is 12.3. The lowest BCUT2D eigenvalue weighted by molar-refractivity contribution is -0.287. The van der Waals surface area contributed by atoms with Gasteiger partial charge in [-0.15, -0.1) is 0 Å². The van der Waals surface area contributed by atoms with E-state index in [0.717, 1.165) is 0 Å². The predicted octanol–water partition coefficient (Wildman–Crippen LogP) is 2.42. The van der Waals surface area contributed by atoms with Gasteiger partial charge in [0.2, 0.25) is 9.84 Å². The highest BCUT2D eigenvalue weighted by atomic mass is 32.2. The summed E-state index contributed by atoms with van der Waals surface area (Å²) in [6.07, 6.45) is -5.68. The molecule has 1 saturated heterocycles. The number of aliphatic hydroxyl groups excluding tert-OH is 2. The maximum absolute atomic E-state index is 13.0. The molecule has 178 valence electrons. The van der Waals surface area contributed by atoms with Crippen LogP contribution in [0.3, 0.4) is 0 Å². The molecule has 0 spiro atoms. The fourth-order valence-electron chi connectivity index (χ4n) is 4.27. The Hall–Kier alpha value is -2.95. The van der Waals surface area contributed by atoms with E-state index in [1.165, 1.54) is 13.2 Å². The van der Waals surface area contributed by atoms with Crippen molar-refractivity contribution >= 4 is 9.84 Å². The van der Waals surface area contributed by atoms with E-state index < -0.39 is 40.5 Å². The molecule has 8 nitrogen and oxygen atoms in total. The summed E-state index contributed by atoms with van der Waals surface area (Å²) in [5.74, 6) is 0.802. The van der Waals surface area contributed by atoms with Crippen LogP contribution < -0.4 is 9.47 Å². The van der Waals surface area contributed by atoms with Gasteiger partial charge in [-0.05, 0) is 36.4 Å². The number of hydrogen-bond acceptors (Lipinski definition) is 8. The van der Waals surface area contributed by atoms with Crippen LogP contribution in [0.1, 0.15) is 0 Å². The van der Waals surface area contributed by atoms with E-state index in [1.54, 1.807) is 48.5 Å². The summed E-state index contributed by atoms with van der Waals surface area (Å²) in [7, 11) is -2.29. The number of rotatable bonds is 6.